The van der Waals surface area contributed by atoms with Crippen molar-refractivity contribution >= 4 is 28.3 Å². The van der Waals surface area contributed by atoms with Crippen molar-refractivity contribution in [2.75, 3.05) is 11.4 Å². The Bertz CT molecular complexity index is 837. The highest BCUT2D eigenvalue weighted by atomic mass is 35.5. The van der Waals surface area contributed by atoms with E-state index in [4.69, 9.17) is 11.6 Å². The number of aromatic amines is 1. The molecule has 1 saturated heterocycles. The summed E-state index contributed by atoms with van der Waals surface area (Å²) in [6.45, 7) is 4.95. The molecule has 4 nitrogen and oxygen atoms in total. The van der Waals surface area contributed by atoms with Crippen LogP contribution in [0.1, 0.15) is 11.6 Å². The smallest absolute Gasteiger partial charge is 0.0991 e. The van der Waals surface area contributed by atoms with E-state index in [0.717, 1.165) is 34.1 Å². The molecule has 0 spiro atoms. The molecular formula is C17H15ClN4. The molecule has 1 aliphatic heterocycles. The number of halogens is 1. The fourth-order valence-corrected chi connectivity index (χ4v) is 3.06. The van der Waals surface area contributed by atoms with E-state index in [1.807, 2.05) is 18.2 Å². The Morgan fingerprint density at radius 2 is 2.00 bits per heavy atom. The number of rotatable bonds is 2. The maximum absolute atomic E-state index is 5.99. The van der Waals surface area contributed by atoms with E-state index in [9.17, 15) is 0 Å². The molecule has 0 bridgehead atoms. The first-order valence-electron chi connectivity index (χ1n) is 7.13. The molecule has 4 rings (SSSR count). The second kappa shape index (κ2) is 5.07. The normalized spacial score (nSPS) is 18.0. The van der Waals surface area contributed by atoms with Crippen LogP contribution >= 0.6 is 11.6 Å². The van der Waals surface area contributed by atoms with Gasteiger partial charge < -0.3 is 15.2 Å². The number of hydrogen-bond donors (Lipinski definition) is 2. The minimum Gasteiger partial charge on any atom is -0.369 e. The van der Waals surface area contributed by atoms with Gasteiger partial charge in [-0.2, -0.15) is 0 Å². The van der Waals surface area contributed by atoms with E-state index >= 15 is 0 Å². The molecule has 22 heavy (non-hydrogen) atoms. The summed E-state index contributed by atoms with van der Waals surface area (Å²) in [4.78, 5) is 9.66. The van der Waals surface area contributed by atoms with Crippen molar-refractivity contribution in [3.05, 3.63) is 71.8 Å². The Morgan fingerprint density at radius 1 is 1.18 bits per heavy atom. The van der Waals surface area contributed by atoms with Gasteiger partial charge in [-0.15, -0.1) is 0 Å². The zero-order valence-electron chi connectivity index (χ0n) is 11.9. The molecule has 1 aliphatic rings. The predicted octanol–water partition coefficient (Wildman–Crippen LogP) is 3.84. The minimum absolute atomic E-state index is 0.196. The Morgan fingerprint density at radius 3 is 2.82 bits per heavy atom. The third kappa shape index (κ3) is 2.12. The number of nitrogens with one attached hydrogen (secondary N) is 2. The first-order valence-corrected chi connectivity index (χ1v) is 7.51. The van der Waals surface area contributed by atoms with Crippen LogP contribution in [0.5, 0.6) is 0 Å². The average Bonchev–Trinajstić information content (AvgIpc) is 3.13. The summed E-state index contributed by atoms with van der Waals surface area (Å²) < 4.78 is 0. The molecule has 1 aromatic heterocycles. The summed E-state index contributed by atoms with van der Waals surface area (Å²) in [5, 5.41) is 4.09. The SMILES string of the molecule is C=C1NCC(c2ccc(Cl)cc2)N1c1ccc2[nH]cnc2c1. The van der Waals surface area contributed by atoms with Crippen LogP contribution in [0, 0.1) is 0 Å². The number of anilines is 1. The van der Waals surface area contributed by atoms with E-state index in [1.54, 1.807) is 6.33 Å². The van der Waals surface area contributed by atoms with Crippen LogP contribution in [0.15, 0.2) is 61.2 Å². The van der Waals surface area contributed by atoms with Gasteiger partial charge >= 0.3 is 0 Å². The van der Waals surface area contributed by atoms with Crippen LogP contribution in [0.3, 0.4) is 0 Å². The monoisotopic (exact) mass is 310 g/mol. The van der Waals surface area contributed by atoms with Gasteiger partial charge in [-0.05, 0) is 35.9 Å². The van der Waals surface area contributed by atoms with Gasteiger partial charge in [0.2, 0.25) is 0 Å². The van der Waals surface area contributed by atoms with Crippen molar-refractivity contribution in [2.45, 2.75) is 6.04 Å². The fraction of sp³-hybridized carbons (Fsp3) is 0.118. The summed E-state index contributed by atoms with van der Waals surface area (Å²) in [6, 6.07) is 14.4. The molecule has 1 unspecified atom stereocenters. The number of aromatic nitrogens is 2. The number of H-pyrrole nitrogens is 1. The van der Waals surface area contributed by atoms with Crippen LogP contribution in [0.25, 0.3) is 11.0 Å². The molecule has 5 heteroatoms. The largest absolute Gasteiger partial charge is 0.369 e. The predicted molar refractivity (Wildman–Crippen MR) is 89.9 cm³/mol. The lowest BCUT2D eigenvalue weighted by molar-refractivity contribution is 0.757. The van der Waals surface area contributed by atoms with Crippen LogP contribution < -0.4 is 10.2 Å². The Kier molecular flexibility index (Phi) is 3.05. The number of hydrogen-bond acceptors (Lipinski definition) is 3. The lowest BCUT2D eigenvalue weighted by Crippen LogP contribution is -2.22. The van der Waals surface area contributed by atoms with E-state index in [2.05, 4.69) is 51.0 Å². The molecule has 3 aromatic rings. The Balaban J connectivity index is 1.76. The van der Waals surface area contributed by atoms with Gasteiger partial charge in [0.15, 0.2) is 0 Å². The minimum atomic E-state index is 0.196. The molecule has 0 aliphatic carbocycles. The second-order valence-electron chi connectivity index (χ2n) is 5.37. The zero-order chi connectivity index (χ0) is 15.1. The molecular weight excluding hydrogens is 296 g/mol. The number of benzene rings is 2. The van der Waals surface area contributed by atoms with Crippen LogP contribution in [0.2, 0.25) is 5.02 Å². The van der Waals surface area contributed by atoms with Crippen molar-refractivity contribution in [2.24, 2.45) is 0 Å². The molecule has 0 amide bonds. The fourth-order valence-electron chi connectivity index (χ4n) is 2.94. The summed E-state index contributed by atoms with van der Waals surface area (Å²) in [5.74, 6) is 0.898. The number of fused-ring (bicyclic) bond motifs is 1. The van der Waals surface area contributed by atoms with E-state index in [0.29, 0.717) is 0 Å². The van der Waals surface area contributed by atoms with Crippen molar-refractivity contribution in [3.8, 4) is 0 Å². The highest BCUT2D eigenvalue weighted by Gasteiger charge is 2.29. The first-order chi connectivity index (χ1) is 10.7. The average molecular weight is 311 g/mol. The van der Waals surface area contributed by atoms with Crippen molar-refractivity contribution in [1.29, 1.82) is 0 Å². The number of nitrogens with zero attached hydrogens (tertiary/aromatic N) is 2. The topological polar surface area (TPSA) is 44.0 Å². The van der Waals surface area contributed by atoms with Gasteiger partial charge in [-0.3, -0.25) is 0 Å². The van der Waals surface area contributed by atoms with Gasteiger partial charge in [0, 0.05) is 17.3 Å². The lowest BCUT2D eigenvalue weighted by atomic mass is 10.1. The van der Waals surface area contributed by atoms with E-state index in [-0.39, 0.29) is 6.04 Å². The van der Waals surface area contributed by atoms with E-state index < -0.39 is 0 Å². The van der Waals surface area contributed by atoms with Crippen molar-refractivity contribution in [1.82, 2.24) is 15.3 Å². The van der Waals surface area contributed by atoms with Crippen LogP contribution in [0.4, 0.5) is 5.69 Å². The maximum Gasteiger partial charge on any atom is 0.0991 e. The van der Waals surface area contributed by atoms with Crippen LogP contribution in [-0.2, 0) is 0 Å². The molecule has 0 saturated carbocycles. The quantitative estimate of drug-likeness (QED) is 0.756. The third-order valence-corrected chi connectivity index (χ3v) is 4.29. The standard InChI is InChI=1S/C17H15ClN4/c1-11-19-9-17(12-2-4-13(18)5-3-12)22(11)14-6-7-15-16(8-14)21-10-20-15/h2-8,10,17,19H,1,9H2,(H,20,21). The summed E-state index contributed by atoms with van der Waals surface area (Å²) in [7, 11) is 0. The highest BCUT2D eigenvalue weighted by molar-refractivity contribution is 6.30. The zero-order valence-corrected chi connectivity index (χ0v) is 12.6. The van der Waals surface area contributed by atoms with Gasteiger partial charge in [-0.25, -0.2) is 4.98 Å². The summed E-state index contributed by atoms with van der Waals surface area (Å²) in [6.07, 6.45) is 1.71. The molecule has 0 radical (unpaired) electrons. The number of imidazole rings is 1. The Labute approximate surface area is 133 Å². The maximum atomic E-state index is 5.99. The molecule has 1 atom stereocenters. The summed E-state index contributed by atoms with van der Waals surface area (Å²) >= 11 is 5.99. The second-order valence-corrected chi connectivity index (χ2v) is 5.81. The van der Waals surface area contributed by atoms with Gasteiger partial charge in [-0.1, -0.05) is 30.3 Å². The Hall–Kier alpha value is -2.46. The summed E-state index contributed by atoms with van der Waals surface area (Å²) in [5.41, 5.74) is 4.27. The van der Waals surface area contributed by atoms with E-state index in [1.165, 1.54) is 5.56 Å². The molecule has 1 fully saturated rings. The first kappa shape index (κ1) is 13.2. The highest BCUT2D eigenvalue weighted by Crippen LogP contribution is 2.34. The molecule has 2 N–H and O–H groups in total. The lowest BCUT2D eigenvalue weighted by Gasteiger charge is -2.26. The van der Waals surface area contributed by atoms with Crippen LogP contribution in [-0.4, -0.2) is 16.5 Å². The van der Waals surface area contributed by atoms with Gasteiger partial charge in [0.05, 0.1) is 29.2 Å². The van der Waals surface area contributed by atoms with Gasteiger partial charge in [0.25, 0.3) is 0 Å². The third-order valence-electron chi connectivity index (χ3n) is 4.04. The van der Waals surface area contributed by atoms with Crippen molar-refractivity contribution < 1.29 is 0 Å². The van der Waals surface area contributed by atoms with Crippen molar-refractivity contribution in [3.63, 3.8) is 0 Å². The molecule has 2 aromatic carbocycles. The van der Waals surface area contributed by atoms with Gasteiger partial charge in [0.1, 0.15) is 0 Å². The molecule has 110 valence electrons. The molecule has 2 heterocycles.